The highest BCUT2D eigenvalue weighted by atomic mass is 16.5. The number of nitrogens with one attached hydrogen (secondary N) is 2. The van der Waals surface area contributed by atoms with Crippen molar-refractivity contribution in [2.45, 2.75) is 57.4 Å². The summed E-state index contributed by atoms with van der Waals surface area (Å²) in [5.74, 6) is 0.594. The lowest BCUT2D eigenvalue weighted by Gasteiger charge is -2.30. The van der Waals surface area contributed by atoms with Crippen LogP contribution >= 0.6 is 0 Å². The normalized spacial score (nSPS) is 26.1. The standard InChI is InChI=1S/C16H28N2O3/c1-12(13-6-5-9-17-11-13)10-14(19)18-16(15(20)21-2)7-3-4-8-16/h12-13,17H,3-11H2,1-2H3,(H,18,19). The van der Waals surface area contributed by atoms with Crippen LogP contribution in [0.15, 0.2) is 0 Å². The summed E-state index contributed by atoms with van der Waals surface area (Å²) in [6.45, 7) is 4.22. The third-order valence-electron chi connectivity index (χ3n) is 5.06. The number of amides is 1. The molecule has 1 aliphatic carbocycles. The zero-order chi connectivity index (χ0) is 15.3. The molecule has 0 aromatic rings. The van der Waals surface area contributed by atoms with Crippen LogP contribution in [0.3, 0.4) is 0 Å². The number of hydrogen-bond donors (Lipinski definition) is 2. The molecule has 0 aromatic heterocycles. The smallest absolute Gasteiger partial charge is 0.331 e. The second-order valence-electron chi connectivity index (χ2n) is 6.62. The van der Waals surface area contributed by atoms with Crippen molar-refractivity contribution in [3.8, 4) is 0 Å². The van der Waals surface area contributed by atoms with Crippen molar-refractivity contribution < 1.29 is 14.3 Å². The first-order valence-corrected chi connectivity index (χ1v) is 8.17. The Bertz CT molecular complexity index is 372. The topological polar surface area (TPSA) is 67.4 Å². The van der Waals surface area contributed by atoms with Crippen molar-refractivity contribution in [3.05, 3.63) is 0 Å². The van der Waals surface area contributed by atoms with Gasteiger partial charge in [-0.3, -0.25) is 4.79 Å². The van der Waals surface area contributed by atoms with Crippen molar-refractivity contribution in [3.63, 3.8) is 0 Å². The van der Waals surface area contributed by atoms with Gasteiger partial charge in [-0.25, -0.2) is 4.79 Å². The van der Waals surface area contributed by atoms with E-state index in [1.165, 1.54) is 20.0 Å². The first-order valence-electron chi connectivity index (χ1n) is 8.17. The molecule has 120 valence electrons. The van der Waals surface area contributed by atoms with Crippen LogP contribution in [0.5, 0.6) is 0 Å². The Labute approximate surface area is 127 Å². The molecule has 2 N–H and O–H groups in total. The molecule has 0 aromatic carbocycles. The Morgan fingerprint density at radius 1 is 1.33 bits per heavy atom. The molecular weight excluding hydrogens is 268 g/mol. The van der Waals surface area contributed by atoms with Crippen molar-refractivity contribution in [1.82, 2.24) is 10.6 Å². The fourth-order valence-corrected chi connectivity index (χ4v) is 3.70. The van der Waals surface area contributed by atoms with Gasteiger partial charge in [-0.1, -0.05) is 19.8 Å². The van der Waals surface area contributed by atoms with Gasteiger partial charge in [-0.05, 0) is 50.6 Å². The van der Waals surface area contributed by atoms with E-state index in [4.69, 9.17) is 4.74 Å². The van der Waals surface area contributed by atoms with Crippen LogP contribution < -0.4 is 10.6 Å². The molecule has 2 fully saturated rings. The maximum atomic E-state index is 12.3. The lowest BCUT2D eigenvalue weighted by atomic mass is 9.85. The molecule has 2 unspecified atom stereocenters. The SMILES string of the molecule is COC(=O)C1(NC(=O)CC(C)C2CCCNC2)CCCC1. The highest BCUT2D eigenvalue weighted by Gasteiger charge is 2.43. The average Bonchev–Trinajstić information content (AvgIpc) is 2.96. The number of rotatable bonds is 5. The van der Waals surface area contributed by atoms with Gasteiger partial charge in [0.1, 0.15) is 5.54 Å². The molecule has 2 rings (SSSR count). The number of esters is 1. The number of piperidine rings is 1. The maximum Gasteiger partial charge on any atom is 0.331 e. The molecule has 21 heavy (non-hydrogen) atoms. The maximum absolute atomic E-state index is 12.3. The van der Waals surface area contributed by atoms with E-state index >= 15 is 0 Å². The van der Waals surface area contributed by atoms with Crippen LogP contribution in [0.2, 0.25) is 0 Å². The van der Waals surface area contributed by atoms with Gasteiger partial charge in [-0.2, -0.15) is 0 Å². The zero-order valence-corrected chi connectivity index (χ0v) is 13.2. The van der Waals surface area contributed by atoms with E-state index < -0.39 is 5.54 Å². The molecule has 2 atom stereocenters. The number of ether oxygens (including phenoxy) is 1. The first-order chi connectivity index (χ1) is 10.1. The lowest BCUT2D eigenvalue weighted by Crippen LogP contribution is -2.53. The van der Waals surface area contributed by atoms with Crippen molar-refractivity contribution in [1.29, 1.82) is 0 Å². The summed E-state index contributed by atoms with van der Waals surface area (Å²) >= 11 is 0. The van der Waals surface area contributed by atoms with Crippen molar-refractivity contribution >= 4 is 11.9 Å². The minimum Gasteiger partial charge on any atom is -0.467 e. The summed E-state index contributed by atoms with van der Waals surface area (Å²) in [7, 11) is 1.39. The molecule has 0 radical (unpaired) electrons. The van der Waals surface area contributed by atoms with E-state index in [0.29, 0.717) is 31.1 Å². The number of hydrogen-bond acceptors (Lipinski definition) is 4. The van der Waals surface area contributed by atoms with E-state index in [0.717, 1.165) is 25.9 Å². The molecule has 0 spiro atoms. The minimum atomic E-state index is -0.767. The van der Waals surface area contributed by atoms with E-state index in [1.807, 2.05) is 0 Å². The van der Waals surface area contributed by atoms with Crippen LogP contribution in [-0.2, 0) is 14.3 Å². The molecule has 5 heteroatoms. The van der Waals surface area contributed by atoms with Crippen molar-refractivity contribution in [2.75, 3.05) is 20.2 Å². The molecule has 1 heterocycles. The van der Waals surface area contributed by atoms with Crippen LogP contribution in [0, 0.1) is 11.8 Å². The van der Waals surface area contributed by atoms with Gasteiger partial charge in [0.25, 0.3) is 0 Å². The molecule has 2 aliphatic rings. The predicted octanol–water partition coefficient (Wildman–Crippen LogP) is 1.61. The van der Waals surface area contributed by atoms with Gasteiger partial charge >= 0.3 is 5.97 Å². The molecule has 5 nitrogen and oxygen atoms in total. The van der Waals surface area contributed by atoms with Gasteiger partial charge in [0.2, 0.25) is 5.91 Å². The van der Waals surface area contributed by atoms with E-state index in [2.05, 4.69) is 17.6 Å². The van der Waals surface area contributed by atoms with Crippen LogP contribution in [0.25, 0.3) is 0 Å². The molecule has 0 bridgehead atoms. The lowest BCUT2D eigenvalue weighted by molar-refractivity contribution is -0.151. The fraction of sp³-hybridized carbons (Fsp3) is 0.875. The summed E-state index contributed by atoms with van der Waals surface area (Å²) in [5, 5.41) is 6.37. The number of carbonyl (C=O) groups is 2. The Balaban J connectivity index is 1.88. The average molecular weight is 296 g/mol. The Hall–Kier alpha value is -1.10. The minimum absolute atomic E-state index is 0.0135. The van der Waals surface area contributed by atoms with E-state index in [1.54, 1.807) is 0 Å². The Kier molecular flexibility index (Phi) is 5.62. The van der Waals surface area contributed by atoms with E-state index in [-0.39, 0.29) is 11.9 Å². The first kappa shape index (κ1) is 16.3. The molecule has 1 saturated carbocycles. The summed E-state index contributed by atoms with van der Waals surface area (Å²) in [5.41, 5.74) is -0.767. The fourth-order valence-electron chi connectivity index (χ4n) is 3.70. The molecule has 1 amide bonds. The van der Waals surface area contributed by atoms with Gasteiger partial charge < -0.3 is 15.4 Å². The van der Waals surface area contributed by atoms with Crippen LogP contribution in [-0.4, -0.2) is 37.6 Å². The largest absolute Gasteiger partial charge is 0.467 e. The highest BCUT2D eigenvalue weighted by molar-refractivity contribution is 5.88. The van der Waals surface area contributed by atoms with Crippen molar-refractivity contribution in [2.24, 2.45) is 11.8 Å². The summed E-state index contributed by atoms with van der Waals surface area (Å²) < 4.78 is 4.90. The van der Waals surface area contributed by atoms with E-state index in [9.17, 15) is 9.59 Å². The predicted molar refractivity (Wildman–Crippen MR) is 80.7 cm³/mol. The Morgan fingerprint density at radius 2 is 2.05 bits per heavy atom. The van der Waals surface area contributed by atoms with Crippen LogP contribution in [0.1, 0.15) is 51.9 Å². The number of methoxy groups -OCH3 is 1. The Morgan fingerprint density at radius 3 is 2.62 bits per heavy atom. The highest BCUT2D eigenvalue weighted by Crippen LogP contribution is 2.31. The third-order valence-corrected chi connectivity index (χ3v) is 5.06. The molecule has 1 saturated heterocycles. The molecule has 1 aliphatic heterocycles. The summed E-state index contributed by atoms with van der Waals surface area (Å²) in [6, 6.07) is 0. The zero-order valence-electron chi connectivity index (χ0n) is 13.2. The second-order valence-corrected chi connectivity index (χ2v) is 6.62. The summed E-state index contributed by atoms with van der Waals surface area (Å²) in [4.78, 5) is 24.4. The van der Waals surface area contributed by atoms with Gasteiger partial charge in [0, 0.05) is 6.42 Å². The quantitative estimate of drug-likeness (QED) is 0.757. The van der Waals surface area contributed by atoms with Gasteiger partial charge in [0.05, 0.1) is 7.11 Å². The monoisotopic (exact) mass is 296 g/mol. The van der Waals surface area contributed by atoms with Gasteiger partial charge in [0.15, 0.2) is 0 Å². The number of carbonyl (C=O) groups excluding carboxylic acids is 2. The van der Waals surface area contributed by atoms with Crippen LogP contribution in [0.4, 0.5) is 0 Å². The van der Waals surface area contributed by atoms with Gasteiger partial charge in [-0.15, -0.1) is 0 Å². The molecular formula is C16H28N2O3. The second kappa shape index (κ2) is 7.25. The third kappa shape index (κ3) is 3.96. The summed E-state index contributed by atoms with van der Waals surface area (Å²) in [6.07, 6.45) is 6.20.